The lowest BCUT2D eigenvalue weighted by Crippen LogP contribution is -1.92. The SMILES string of the molecule is Nc1ccc(F)c(-c2cc(F)c(F)cc2Cl)c1. The molecule has 0 aliphatic carbocycles. The van der Waals surface area contributed by atoms with E-state index in [0.29, 0.717) is 5.69 Å². The first-order valence-corrected chi connectivity index (χ1v) is 5.07. The van der Waals surface area contributed by atoms with Crippen molar-refractivity contribution in [2.75, 3.05) is 5.73 Å². The van der Waals surface area contributed by atoms with Crippen LogP contribution in [0.2, 0.25) is 5.02 Å². The first-order valence-electron chi connectivity index (χ1n) is 4.69. The van der Waals surface area contributed by atoms with Gasteiger partial charge in [-0.05, 0) is 30.3 Å². The van der Waals surface area contributed by atoms with Crippen molar-refractivity contribution in [2.24, 2.45) is 0 Å². The van der Waals surface area contributed by atoms with Gasteiger partial charge in [0, 0.05) is 16.8 Å². The van der Waals surface area contributed by atoms with Crippen molar-refractivity contribution in [1.29, 1.82) is 0 Å². The standard InChI is InChI=1S/C12H7ClF3N/c13-9-5-12(16)11(15)4-7(9)8-3-6(17)1-2-10(8)14/h1-5H,17H2. The summed E-state index contributed by atoms with van der Waals surface area (Å²) in [6.07, 6.45) is 0. The van der Waals surface area contributed by atoms with Crippen LogP contribution in [0.25, 0.3) is 11.1 Å². The lowest BCUT2D eigenvalue weighted by Gasteiger charge is -2.07. The van der Waals surface area contributed by atoms with Gasteiger partial charge in [-0.2, -0.15) is 0 Å². The topological polar surface area (TPSA) is 26.0 Å². The highest BCUT2D eigenvalue weighted by atomic mass is 35.5. The zero-order valence-electron chi connectivity index (χ0n) is 8.48. The smallest absolute Gasteiger partial charge is 0.160 e. The van der Waals surface area contributed by atoms with Crippen LogP contribution in [0.4, 0.5) is 18.9 Å². The molecule has 2 aromatic carbocycles. The second kappa shape index (κ2) is 4.30. The molecule has 0 aliphatic rings. The molecule has 0 spiro atoms. The Balaban J connectivity index is 2.68. The summed E-state index contributed by atoms with van der Waals surface area (Å²) in [5.41, 5.74) is 5.91. The van der Waals surface area contributed by atoms with Crippen molar-refractivity contribution in [3.8, 4) is 11.1 Å². The number of hydrogen-bond acceptors (Lipinski definition) is 1. The van der Waals surface area contributed by atoms with Gasteiger partial charge in [-0.25, -0.2) is 13.2 Å². The molecule has 0 unspecified atom stereocenters. The van der Waals surface area contributed by atoms with E-state index in [-0.39, 0.29) is 16.1 Å². The molecule has 0 heterocycles. The number of hydrogen-bond donors (Lipinski definition) is 1. The molecular weight excluding hydrogens is 251 g/mol. The molecule has 0 saturated carbocycles. The van der Waals surface area contributed by atoms with Crippen molar-refractivity contribution in [3.63, 3.8) is 0 Å². The number of nitrogens with two attached hydrogens (primary N) is 1. The molecule has 2 rings (SSSR count). The van der Waals surface area contributed by atoms with Crippen LogP contribution in [-0.2, 0) is 0 Å². The van der Waals surface area contributed by atoms with Crippen LogP contribution >= 0.6 is 11.6 Å². The number of anilines is 1. The van der Waals surface area contributed by atoms with E-state index in [4.69, 9.17) is 17.3 Å². The maximum Gasteiger partial charge on any atom is 0.160 e. The zero-order valence-corrected chi connectivity index (χ0v) is 9.23. The molecule has 5 heteroatoms. The van der Waals surface area contributed by atoms with E-state index in [0.717, 1.165) is 18.2 Å². The summed E-state index contributed by atoms with van der Waals surface area (Å²) in [6.45, 7) is 0. The Labute approximate surface area is 101 Å². The monoisotopic (exact) mass is 257 g/mol. The van der Waals surface area contributed by atoms with Crippen LogP contribution in [0.3, 0.4) is 0 Å². The third kappa shape index (κ3) is 2.22. The van der Waals surface area contributed by atoms with Gasteiger partial charge >= 0.3 is 0 Å². The van der Waals surface area contributed by atoms with Gasteiger partial charge in [0.1, 0.15) is 5.82 Å². The minimum Gasteiger partial charge on any atom is -0.399 e. The Kier molecular flexibility index (Phi) is 2.98. The molecule has 0 radical (unpaired) electrons. The number of nitrogen functional groups attached to an aromatic ring is 1. The van der Waals surface area contributed by atoms with Gasteiger partial charge in [-0.1, -0.05) is 11.6 Å². The van der Waals surface area contributed by atoms with Crippen LogP contribution in [0.1, 0.15) is 0 Å². The predicted molar refractivity (Wildman–Crippen MR) is 61.2 cm³/mol. The molecule has 0 atom stereocenters. The summed E-state index contributed by atoms with van der Waals surface area (Å²) >= 11 is 5.75. The summed E-state index contributed by atoms with van der Waals surface area (Å²) in [5.74, 6) is -2.78. The van der Waals surface area contributed by atoms with Crippen molar-refractivity contribution in [1.82, 2.24) is 0 Å². The Morgan fingerprint density at radius 3 is 2.18 bits per heavy atom. The average Bonchev–Trinajstić information content (AvgIpc) is 2.27. The molecule has 0 saturated heterocycles. The lowest BCUT2D eigenvalue weighted by atomic mass is 10.0. The zero-order chi connectivity index (χ0) is 12.6. The van der Waals surface area contributed by atoms with E-state index in [2.05, 4.69) is 0 Å². The third-order valence-corrected chi connectivity index (χ3v) is 2.60. The first-order chi connectivity index (χ1) is 7.99. The summed E-state index contributed by atoms with van der Waals surface area (Å²) < 4.78 is 39.5. The molecule has 88 valence electrons. The molecule has 2 aromatic rings. The maximum atomic E-state index is 13.5. The van der Waals surface area contributed by atoms with Gasteiger partial charge in [0.05, 0.1) is 5.02 Å². The molecule has 0 aliphatic heterocycles. The summed E-state index contributed by atoms with van der Waals surface area (Å²) in [7, 11) is 0. The number of rotatable bonds is 1. The third-order valence-electron chi connectivity index (χ3n) is 2.29. The summed E-state index contributed by atoms with van der Waals surface area (Å²) in [5, 5.41) is -0.0756. The molecule has 17 heavy (non-hydrogen) atoms. The van der Waals surface area contributed by atoms with Crippen LogP contribution < -0.4 is 5.73 Å². The molecule has 1 nitrogen and oxygen atoms in total. The minimum absolute atomic E-state index is 0.0360. The van der Waals surface area contributed by atoms with E-state index in [9.17, 15) is 13.2 Å². The van der Waals surface area contributed by atoms with Gasteiger partial charge in [0.25, 0.3) is 0 Å². The number of benzene rings is 2. The molecule has 0 amide bonds. The second-order valence-corrected chi connectivity index (χ2v) is 3.89. The first kappa shape index (κ1) is 11.8. The van der Waals surface area contributed by atoms with Crippen molar-refractivity contribution < 1.29 is 13.2 Å². The summed E-state index contributed by atoms with van der Waals surface area (Å²) in [4.78, 5) is 0. The van der Waals surface area contributed by atoms with E-state index >= 15 is 0 Å². The largest absolute Gasteiger partial charge is 0.399 e. The second-order valence-electron chi connectivity index (χ2n) is 3.49. The van der Waals surface area contributed by atoms with E-state index in [1.807, 2.05) is 0 Å². The highest BCUT2D eigenvalue weighted by molar-refractivity contribution is 6.33. The predicted octanol–water partition coefficient (Wildman–Crippen LogP) is 4.01. The summed E-state index contributed by atoms with van der Waals surface area (Å²) in [6, 6.07) is 5.47. The molecule has 0 fully saturated rings. The fourth-order valence-electron chi connectivity index (χ4n) is 1.48. The van der Waals surface area contributed by atoms with Gasteiger partial charge in [-0.15, -0.1) is 0 Å². The Hall–Kier alpha value is -1.68. The van der Waals surface area contributed by atoms with Crippen molar-refractivity contribution >= 4 is 17.3 Å². The normalized spacial score (nSPS) is 10.6. The minimum atomic E-state index is -1.09. The van der Waals surface area contributed by atoms with Crippen LogP contribution in [-0.4, -0.2) is 0 Å². The Bertz CT molecular complexity index is 584. The highest BCUT2D eigenvalue weighted by Gasteiger charge is 2.13. The molecular formula is C12H7ClF3N. The quantitative estimate of drug-likeness (QED) is 0.606. The maximum absolute atomic E-state index is 13.5. The van der Waals surface area contributed by atoms with Crippen LogP contribution in [0.15, 0.2) is 30.3 Å². The molecule has 0 aromatic heterocycles. The van der Waals surface area contributed by atoms with Gasteiger partial charge < -0.3 is 5.73 Å². The van der Waals surface area contributed by atoms with Crippen molar-refractivity contribution in [2.45, 2.75) is 0 Å². The average molecular weight is 258 g/mol. The Morgan fingerprint density at radius 2 is 1.47 bits per heavy atom. The van der Waals surface area contributed by atoms with Crippen molar-refractivity contribution in [3.05, 3.63) is 52.8 Å². The van der Waals surface area contributed by atoms with Gasteiger partial charge in [-0.3, -0.25) is 0 Å². The van der Waals surface area contributed by atoms with Gasteiger partial charge in [0.15, 0.2) is 11.6 Å². The Morgan fingerprint density at radius 1 is 0.824 bits per heavy atom. The van der Waals surface area contributed by atoms with Gasteiger partial charge in [0.2, 0.25) is 0 Å². The van der Waals surface area contributed by atoms with E-state index < -0.39 is 17.5 Å². The van der Waals surface area contributed by atoms with Crippen LogP contribution in [0.5, 0.6) is 0 Å². The fraction of sp³-hybridized carbons (Fsp3) is 0. The number of halogens is 4. The molecule has 2 N–H and O–H groups in total. The fourth-order valence-corrected chi connectivity index (χ4v) is 1.73. The van der Waals surface area contributed by atoms with E-state index in [1.54, 1.807) is 0 Å². The highest BCUT2D eigenvalue weighted by Crippen LogP contribution is 2.32. The van der Waals surface area contributed by atoms with Crippen LogP contribution in [0, 0.1) is 17.5 Å². The molecule has 0 bridgehead atoms. The van der Waals surface area contributed by atoms with E-state index in [1.165, 1.54) is 12.1 Å². The lowest BCUT2D eigenvalue weighted by molar-refractivity contribution is 0.509.